The van der Waals surface area contributed by atoms with E-state index in [1.165, 1.54) is 16.7 Å². The van der Waals surface area contributed by atoms with Crippen LogP contribution in [0.25, 0.3) is 0 Å². The summed E-state index contributed by atoms with van der Waals surface area (Å²) >= 11 is 3.50. The zero-order chi connectivity index (χ0) is 13.0. The molecule has 0 fully saturated rings. The van der Waals surface area contributed by atoms with Crippen molar-refractivity contribution in [3.05, 3.63) is 69.7 Å². The molecule has 2 heteroatoms. The second-order valence-electron chi connectivity index (χ2n) is 4.59. The number of hydrogen-bond acceptors (Lipinski definition) is 1. The van der Waals surface area contributed by atoms with E-state index in [1.807, 2.05) is 6.07 Å². The van der Waals surface area contributed by atoms with Crippen LogP contribution >= 0.6 is 15.9 Å². The lowest BCUT2D eigenvalue weighted by Gasteiger charge is -2.16. The molecule has 94 valence electrons. The van der Waals surface area contributed by atoms with Crippen LogP contribution in [0.3, 0.4) is 0 Å². The average molecular weight is 304 g/mol. The molecule has 0 aliphatic carbocycles. The maximum Gasteiger partial charge on any atom is 0.0297 e. The Bertz CT molecular complexity index is 522. The highest BCUT2D eigenvalue weighted by Crippen LogP contribution is 2.18. The Hall–Kier alpha value is -1.12. The van der Waals surface area contributed by atoms with Gasteiger partial charge >= 0.3 is 0 Å². The molecule has 18 heavy (non-hydrogen) atoms. The lowest BCUT2D eigenvalue weighted by molar-refractivity contribution is 0.572. The molecular formula is C16H18BrN. The van der Waals surface area contributed by atoms with Gasteiger partial charge in [-0.25, -0.2) is 0 Å². The molecular weight excluding hydrogens is 286 g/mol. The van der Waals surface area contributed by atoms with E-state index in [2.05, 4.69) is 77.6 Å². The first-order valence-corrected chi connectivity index (χ1v) is 6.99. The van der Waals surface area contributed by atoms with E-state index < -0.39 is 0 Å². The van der Waals surface area contributed by atoms with Crippen molar-refractivity contribution in [3.8, 4) is 0 Å². The van der Waals surface area contributed by atoms with Crippen LogP contribution in [0.5, 0.6) is 0 Å². The van der Waals surface area contributed by atoms with Gasteiger partial charge in [0.2, 0.25) is 0 Å². The number of nitrogens with one attached hydrogen (secondary N) is 1. The molecule has 0 aliphatic rings. The van der Waals surface area contributed by atoms with Gasteiger partial charge in [-0.1, -0.05) is 52.3 Å². The highest BCUT2D eigenvalue weighted by atomic mass is 79.9. The molecule has 0 radical (unpaired) electrons. The molecule has 1 unspecified atom stereocenters. The second-order valence-corrected chi connectivity index (χ2v) is 5.50. The summed E-state index contributed by atoms with van der Waals surface area (Å²) in [5.41, 5.74) is 4.00. The monoisotopic (exact) mass is 303 g/mol. The Kier molecular flexibility index (Phi) is 4.56. The van der Waals surface area contributed by atoms with Crippen molar-refractivity contribution < 1.29 is 0 Å². The Morgan fingerprint density at radius 2 is 1.89 bits per heavy atom. The topological polar surface area (TPSA) is 12.0 Å². The van der Waals surface area contributed by atoms with Gasteiger partial charge in [0.1, 0.15) is 0 Å². The van der Waals surface area contributed by atoms with Gasteiger partial charge in [-0.2, -0.15) is 0 Å². The molecule has 1 nitrogen and oxygen atoms in total. The Morgan fingerprint density at radius 1 is 1.11 bits per heavy atom. The lowest BCUT2D eigenvalue weighted by atomic mass is 10.0. The van der Waals surface area contributed by atoms with Gasteiger partial charge < -0.3 is 5.32 Å². The molecule has 0 bridgehead atoms. The number of hydrogen-bond donors (Lipinski definition) is 1. The molecule has 0 amide bonds. The molecule has 0 saturated heterocycles. The minimum atomic E-state index is 0.366. The predicted octanol–water partition coefficient (Wildman–Crippen LogP) is 4.61. The smallest absolute Gasteiger partial charge is 0.0297 e. The molecule has 2 aromatic rings. The van der Waals surface area contributed by atoms with Crippen molar-refractivity contribution in [1.29, 1.82) is 0 Å². The summed E-state index contributed by atoms with van der Waals surface area (Å²) in [6.45, 7) is 5.25. The Morgan fingerprint density at radius 3 is 2.61 bits per heavy atom. The first-order chi connectivity index (χ1) is 8.66. The molecule has 0 heterocycles. The van der Waals surface area contributed by atoms with Crippen molar-refractivity contribution in [1.82, 2.24) is 5.32 Å². The van der Waals surface area contributed by atoms with E-state index in [4.69, 9.17) is 0 Å². The number of aryl methyl sites for hydroxylation is 1. The molecule has 0 spiro atoms. The second kappa shape index (κ2) is 6.17. The third-order valence-corrected chi connectivity index (χ3v) is 3.65. The van der Waals surface area contributed by atoms with E-state index in [9.17, 15) is 0 Å². The van der Waals surface area contributed by atoms with Gasteiger partial charge in [0.25, 0.3) is 0 Å². The zero-order valence-electron chi connectivity index (χ0n) is 10.8. The number of halogens is 1. The quantitative estimate of drug-likeness (QED) is 0.870. The van der Waals surface area contributed by atoms with E-state index >= 15 is 0 Å². The lowest BCUT2D eigenvalue weighted by Crippen LogP contribution is -2.18. The minimum absolute atomic E-state index is 0.366. The van der Waals surface area contributed by atoms with Crippen molar-refractivity contribution in [2.24, 2.45) is 0 Å². The first kappa shape index (κ1) is 13.3. The van der Waals surface area contributed by atoms with Crippen LogP contribution in [0.4, 0.5) is 0 Å². The molecule has 1 atom stereocenters. The van der Waals surface area contributed by atoms with Crippen LogP contribution in [0, 0.1) is 6.92 Å². The summed E-state index contributed by atoms with van der Waals surface area (Å²) < 4.78 is 1.13. The summed E-state index contributed by atoms with van der Waals surface area (Å²) in [5.74, 6) is 0. The van der Waals surface area contributed by atoms with Crippen LogP contribution in [0.1, 0.15) is 29.7 Å². The van der Waals surface area contributed by atoms with E-state index in [0.29, 0.717) is 6.04 Å². The molecule has 2 rings (SSSR count). The van der Waals surface area contributed by atoms with E-state index in [1.54, 1.807) is 0 Å². The fourth-order valence-electron chi connectivity index (χ4n) is 2.10. The zero-order valence-corrected chi connectivity index (χ0v) is 12.4. The first-order valence-electron chi connectivity index (χ1n) is 6.20. The van der Waals surface area contributed by atoms with Crippen molar-refractivity contribution >= 4 is 15.9 Å². The van der Waals surface area contributed by atoms with Crippen LogP contribution < -0.4 is 5.32 Å². The van der Waals surface area contributed by atoms with Crippen LogP contribution in [0.15, 0.2) is 53.0 Å². The standard InChI is InChI=1S/C16H18BrN/c1-12-6-3-4-9-16(12)13(2)18-11-14-7-5-8-15(17)10-14/h3-10,13,18H,11H2,1-2H3. The van der Waals surface area contributed by atoms with Gasteiger partial charge in [-0.15, -0.1) is 0 Å². The Balaban J connectivity index is 2.00. The summed E-state index contributed by atoms with van der Waals surface area (Å²) in [6, 6.07) is 17.3. The summed E-state index contributed by atoms with van der Waals surface area (Å²) in [4.78, 5) is 0. The van der Waals surface area contributed by atoms with Crippen LogP contribution in [-0.4, -0.2) is 0 Å². The van der Waals surface area contributed by atoms with Gasteiger partial charge in [-0.3, -0.25) is 0 Å². The molecule has 1 N–H and O–H groups in total. The highest BCUT2D eigenvalue weighted by Gasteiger charge is 2.06. The van der Waals surface area contributed by atoms with Gasteiger partial charge in [0.05, 0.1) is 0 Å². The SMILES string of the molecule is Cc1ccccc1C(C)NCc1cccc(Br)c1. The summed E-state index contributed by atoms with van der Waals surface area (Å²) in [5, 5.41) is 3.56. The number of rotatable bonds is 4. The summed E-state index contributed by atoms with van der Waals surface area (Å²) in [6.07, 6.45) is 0. The average Bonchev–Trinajstić information content (AvgIpc) is 2.37. The molecule has 0 aromatic heterocycles. The normalized spacial score (nSPS) is 12.4. The number of benzene rings is 2. The Labute approximate surface area is 117 Å². The largest absolute Gasteiger partial charge is 0.306 e. The van der Waals surface area contributed by atoms with Crippen LogP contribution in [0.2, 0.25) is 0 Å². The predicted molar refractivity (Wildman–Crippen MR) is 80.6 cm³/mol. The third-order valence-electron chi connectivity index (χ3n) is 3.16. The third kappa shape index (κ3) is 3.44. The minimum Gasteiger partial charge on any atom is -0.306 e. The van der Waals surface area contributed by atoms with Crippen molar-refractivity contribution in [2.45, 2.75) is 26.4 Å². The molecule has 0 aliphatic heterocycles. The van der Waals surface area contributed by atoms with Gasteiger partial charge in [0.15, 0.2) is 0 Å². The van der Waals surface area contributed by atoms with Gasteiger partial charge in [0, 0.05) is 17.1 Å². The highest BCUT2D eigenvalue weighted by molar-refractivity contribution is 9.10. The molecule has 2 aromatic carbocycles. The maximum absolute atomic E-state index is 3.56. The van der Waals surface area contributed by atoms with E-state index in [0.717, 1.165) is 11.0 Å². The van der Waals surface area contributed by atoms with Crippen molar-refractivity contribution in [2.75, 3.05) is 0 Å². The van der Waals surface area contributed by atoms with Crippen LogP contribution in [-0.2, 0) is 6.54 Å². The maximum atomic E-state index is 3.56. The fourth-order valence-corrected chi connectivity index (χ4v) is 2.55. The fraction of sp³-hybridized carbons (Fsp3) is 0.250. The van der Waals surface area contributed by atoms with Crippen molar-refractivity contribution in [3.63, 3.8) is 0 Å². The summed E-state index contributed by atoms with van der Waals surface area (Å²) in [7, 11) is 0. The van der Waals surface area contributed by atoms with Gasteiger partial charge in [-0.05, 0) is 42.7 Å². The molecule has 0 saturated carbocycles. The van der Waals surface area contributed by atoms with E-state index in [-0.39, 0.29) is 0 Å².